The minimum atomic E-state index is -0.466. The number of aliphatic imine (C=N–C) groups is 1. The van der Waals surface area contributed by atoms with Crippen LogP contribution in [0, 0.1) is 5.92 Å². The first-order chi connectivity index (χ1) is 11.4. The highest BCUT2D eigenvalue weighted by Crippen LogP contribution is 2.28. The summed E-state index contributed by atoms with van der Waals surface area (Å²) < 4.78 is 10.8. The molecule has 1 aliphatic carbocycles. The number of carbonyl (C=O) groups is 1. The molecule has 0 aromatic heterocycles. The minimum absolute atomic E-state index is 0.385. The van der Waals surface area contributed by atoms with Gasteiger partial charge in [0.05, 0.1) is 6.61 Å². The molecule has 0 heterocycles. The average Bonchev–Trinajstić information content (AvgIpc) is 3.28. The zero-order valence-electron chi connectivity index (χ0n) is 15.6. The molecule has 0 bridgehead atoms. The Morgan fingerprint density at radius 2 is 1.92 bits per heavy atom. The lowest BCUT2D eigenvalue weighted by Gasteiger charge is -2.19. The molecule has 1 rings (SSSR count). The topological polar surface area (TPSA) is 84.0 Å². The number of nitrogens with one attached hydrogen (secondary N) is 3. The summed E-state index contributed by atoms with van der Waals surface area (Å²) >= 11 is 0. The normalized spacial score (nSPS) is 15.1. The van der Waals surface area contributed by atoms with E-state index < -0.39 is 5.60 Å². The molecule has 1 amide bonds. The predicted octanol–water partition coefficient (Wildman–Crippen LogP) is 1.88. The van der Waals surface area contributed by atoms with Gasteiger partial charge in [-0.05, 0) is 52.9 Å². The van der Waals surface area contributed by atoms with Crippen molar-refractivity contribution in [2.45, 2.75) is 52.6 Å². The van der Waals surface area contributed by atoms with E-state index in [-0.39, 0.29) is 6.09 Å². The molecule has 0 aliphatic heterocycles. The number of alkyl carbamates (subject to hydrolysis) is 1. The van der Waals surface area contributed by atoms with Crippen molar-refractivity contribution in [3.05, 3.63) is 0 Å². The zero-order chi connectivity index (χ0) is 17.8. The van der Waals surface area contributed by atoms with Crippen LogP contribution < -0.4 is 16.0 Å². The number of nitrogens with zero attached hydrogens (tertiary/aromatic N) is 1. The number of carbonyl (C=O) groups excluding carboxylic acids is 1. The van der Waals surface area contributed by atoms with E-state index in [9.17, 15) is 4.79 Å². The van der Waals surface area contributed by atoms with Gasteiger partial charge in [-0.3, -0.25) is 4.99 Å². The van der Waals surface area contributed by atoms with Gasteiger partial charge in [0.2, 0.25) is 0 Å². The van der Waals surface area contributed by atoms with Crippen molar-refractivity contribution in [3.8, 4) is 0 Å². The summed E-state index contributed by atoms with van der Waals surface area (Å²) in [5.41, 5.74) is -0.466. The fraction of sp³-hybridized carbons (Fsp3) is 0.882. The van der Waals surface area contributed by atoms with Crippen LogP contribution in [0.5, 0.6) is 0 Å². The number of rotatable bonds is 10. The lowest BCUT2D eigenvalue weighted by atomic mass is 10.2. The second-order valence-corrected chi connectivity index (χ2v) is 6.99. The molecule has 140 valence electrons. The summed E-state index contributed by atoms with van der Waals surface area (Å²) in [6.45, 7) is 11.9. The standard InChI is InChI=1S/C17H34N4O3/c1-5-18-15(20-11-12-23-13-14-7-8-14)19-9-6-10-21-16(22)24-17(2,3)4/h14H,5-13H2,1-4H3,(H,21,22)(H2,18,19,20). The van der Waals surface area contributed by atoms with Crippen molar-refractivity contribution in [2.24, 2.45) is 10.9 Å². The first-order valence-electron chi connectivity index (χ1n) is 8.97. The maximum Gasteiger partial charge on any atom is 0.407 e. The highest BCUT2D eigenvalue weighted by atomic mass is 16.6. The average molecular weight is 342 g/mol. The molecule has 0 aromatic carbocycles. The van der Waals surface area contributed by atoms with Gasteiger partial charge in [-0.25, -0.2) is 4.79 Å². The lowest BCUT2D eigenvalue weighted by molar-refractivity contribution is 0.0527. The van der Waals surface area contributed by atoms with Crippen LogP contribution in [0.25, 0.3) is 0 Å². The van der Waals surface area contributed by atoms with E-state index in [1.54, 1.807) is 0 Å². The summed E-state index contributed by atoms with van der Waals surface area (Å²) in [6, 6.07) is 0. The molecule has 7 heteroatoms. The Kier molecular flexibility index (Phi) is 9.52. The van der Waals surface area contributed by atoms with Gasteiger partial charge in [-0.2, -0.15) is 0 Å². The Morgan fingerprint density at radius 1 is 1.17 bits per heavy atom. The summed E-state index contributed by atoms with van der Waals surface area (Å²) in [6.07, 6.45) is 3.00. The summed E-state index contributed by atoms with van der Waals surface area (Å²) in [5, 5.41) is 9.17. The monoisotopic (exact) mass is 342 g/mol. The Morgan fingerprint density at radius 3 is 2.54 bits per heavy atom. The number of ether oxygens (including phenoxy) is 2. The number of amides is 1. The minimum Gasteiger partial charge on any atom is -0.444 e. The number of hydrogen-bond donors (Lipinski definition) is 3. The van der Waals surface area contributed by atoms with Crippen molar-refractivity contribution in [1.82, 2.24) is 16.0 Å². The highest BCUT2D eigenvalue weighted by Gasteiger charge is 2.20. The third-order valence-electron chi connectivity index (χ3n) is 3.21. The van der Waals surface area contributed by atoms with Crippen LogP contribution in [-0.2, 0) is 9.47 Å². The molecule has 3 N–H and O–H groups in total. The molecule has 7 nitrogen and oxygen atoms in total. The van der Waals surface area contributed by atoms with E-state index in [0.717, 1.165) is 38.0 Å². The number of guanidine groups is 1. The lowest BCUT2D eigenvalue weighted by Crippen LogP contribution is -2.39. The second kappa shape index (κ2) is 11.1. The van der Waals surface area contributed by atoms with E-state index in [0.29, 0.717) is 19.7 Å². The second-order valence-electron chi connectivity index (χ2n) is 6.99. The van der Waals surface area contributed by atoms with Crippen LogP contribution in [0.4, 0.5) is 4.79 Å². The van der Waals surface area contributed by atoms with Gasteiger partial charge < -0.3 is 25.4 Å². The largest absolute Gasteiger partial charge is 0.444 e. The van der Waals surface area contributed by atoms with Crippen LogP contribution in [0.2, 0.25) is 0 Å². The van der Waals surface area contributed by atoms with Gasteiger partial charge in [0, 0.05) is 32.8 Å². The molecule has 0 unspecified atom stereocenters. The molecule has 1 aliphatic rings. The Balaban J connectivity index is 2.09. The maximum absolute atomic E-state index is 11.5. The zero-order valence-corrected chi connectivity index (χ0v) is 15.6. The van der Waals surface area contributed by atoms with Crippen LogP contribution in [0.3, 0.4) is 0 Å². The molecule has 1 fully saturated rings. The molecule has 1 saturated carbocycles. The SMILES string of the molecule is CCNC(=NCCCNC(=O)OC(C)(C)C)NCCOCC1CC1. The summed E-state index contributed by atoms with van der Waals surface area (Å²) in [4.78, 5) is 16.0. The first-order valence-corrected chi connectivity index (χ1v) is 8.97. The third kappa shape index (κ3) is 12.0. The van der Waals surface area contributed by atoms with Gasteiger partial charge in [-0.15, -0.1) is 0 Å². The van der Waals surface area contributed by atoms with Crippen molar-refractivity contribution >= 4 is 12.1 Å². The molecule has 24 heavy (non-hydrogen) atoms. The smallest absolute Gasteiger partial charge is 0.407 e. The Bertz CT molecular complexity index is 390. The Labute approximate surface area is 146 Å². The third-order valence-corrected chi connectivity index (χ3v) is 3.21. The van der Waals surface area contributed by atoms with Gasteiger partial charge in [0.1, 0.15) is 5.60 Å². The molecule has 0 spiro atoms. The van der Waals surface area contributed by atoms with Crippen LogP contribution in [-0.4, -0.2) is 57.0 Å². The fourth-order valence-electron chi connectivity index (χ4n) is 1.89. The molecule has 0 radical (unpaired) electrons. The van der Waals surface area contributed by atoms with E-state index in [1.807, 2.05) is 27.7 Å². The van der Waals surface area contributed by atoms with E-state index in [1.165, 1.54) is 12.8 Å². The van der Waals surface area contributed by atoms with E-state index in [2.05, 4.69) is 20.9 Å². The van der Waals surface area contributed by atoms with E-state index in [4.69, 9.17) is 9.47 Å². The maximum atomic E-state index is 11.5. The molecule has 0 atom stereocenters. The molecular formula is C17H34N4O3. The van der Waals surface area contributed by atoms with Crippen LogP contribution >= 0.6 is 0 Å². The summed E-state index contributed by atoms with van der Waals surface area (Å²) in [5.74, 6) is 1.58. The highest BCUT2D eigenvalue weighted by molar-refractivity contribution is 5.79. The fourth-order valence-corrected chi connectivity index (χ4v) is 1.89. The van der Waals surface area contributed by atoms with Crippen molar-refractivity contribution in [1.29, 1.82) is 0 Å². The van der Waals surface area contributed by atoms with Crippen molar-refractivity contribution < 1.29 is 14.3 Å². The van der Waals surface area contributed by atoms with Gasteiger partial charge in [0.25, 0.3) is 0 Å². The Hall–Kier alpha value is -1.50. The van der Waals surface area contributed by atoms with Crippen LogP contribution in [0.1, 0.15) is 47.0 Å². The predicted molar refractivity (Wildman–Crippen MR) is 96.4 cm³/mol. The van der Waals surface area contributed by atoms with E-state index >= 15 is 0 Å². The van der Waals surface area contributed by atoms with Crippen LogP contribution in [0.15, 0.2) is 4.99 Å². The number of hydrogen-bond acceptors (Lipinski definition) is 4. The van der Waals surface area contributed by atoms with Crippen molar-refractivity contribution in [2.75, 3.05) is 39.4 Å². The molecular weight excluding hydrogens is 308 g/mol. The molecule has 0 aromatic rings. The molecule has 0 saturated heterocycles. The summed E-state index contributed by atoms with van der Waals surface area (Å²) in [7, 11) is 0. The first kappa shape index (κ1) is 20.5. The quantitative estimate of drug-likeness (QED) is 0.321. The van der Waals surface area contributed by atoms with Gasteiger partial charge in [0.15, 0.2) is 5.96 Å². The van der Waals surface area contributed by atoms with Gasteiger partial charge >= 0.3 is 6.09 Å². The van der Waals surface area contributed by atoms with Gasteiger partial charge in [-0.1, -0.05) is 0 Å². The van der Waals surface area contributed by atoms with Crippen molar-refractivity contribution in [3.63, 3.8) is 0 Å².